The van der Waals surface area contributed by atoms with E-state index >= 15 is 0 Å². The van der Waals surface area contributed by atoms with Gasteiger partial charge in [0.25, 0.3) is 0 Å². The molecule has 0 radical (unpaired) electrons. The summed E-state index contributed by atoms with van der Waals surface area (Å²) in [5.41, 5.74) is 1.29. The summed E-state index contributed by atoms with van der Waals surface area (Å²) in [6.07, 6.45) is 5.18. The van der Waals surface area contributed by atoms with Crippen molar-refractivity contribution < 1.29 is 4.79 Å². The number of nitrogens with zero attached hydrogens (tertiary/aromatic N) is 1. The minimum atomic E-state index is 0.113. The van der Waals surface area contributed by atoms with Crippen molar-refractivity contribution in [2.24, 2.45) is 0 Å². The maximum atomic E-state index is 10.9. The van der Waals surface area contributed by atoms with Gasteiger partial charge in [-0.3, -0.25) is 0 Å². The number of rotatable bonds is 8. The minimum Gasteiger partial charge on any atom is -0.378 e. The van der Waals surface area contributed by atoms with E-state index in [1.807, 2.05) is 0 Å². The Bertz CT molecular complexity index is 204. The highest BCUT2D eigenvalue weighted by Gasteiger charge is 2.11. The average molecular weight is 229 g/mol. The molecule has 0 aromatic heterocycles. The van der Waals surface area contributed by atoms with Crippen molar-refractivity contribution in [2.75, 3.05) is 19.3 Å². The van der Waals surface area contributed by atoms with E-state index in [0.29, 0.717) is 0 Å². The summed E-state index contributed by atoms with van der Waals surface area (Å²) in [4.78, 5) is 13.1. The molecule has 3 heteroatoms. The lowest BCUT2D eigenvalue weighted by atomic mass is 10.2. The first-order valence-electron chi connectivity index (χ1n) is 5.66. The fourth-order valence-corrected chi connectivity index (χ4v) is 2.20. The molecular formula is C12H23NOS. The van der Waals surface area contributed by atoms with Crippen LogP contribution in [0.15, 0.2) is 11.8 Å². The zero-order valence-electron chi connectivity index (χ0n) is 10.3. The van der Waals surface area contributed by atoms with Crippen LogP contribution in [0.25, 0.3) is 0 Å². The largest absolute Gasteiger partial charge is 0.378 e. The number of allylic oxidation sites excluding steroid dienone is 2. The van der Waals surface area contributed by atoms with Gasteiger partial charge in [0.1, 0.15) is 6.29 Å². The molecule has 0 spiro atoms. The second-order valence-electron chi connectivity index (χ2n) is 3.45. The van der Waals surface area contributed by atoms with Gasteiger partial charge >= 0.3 is 0 Å². The first kappa shape index (κ1) is 14.6. The second-order valence-corrected chi connectivity index (χ2v) is 4.97. The van der Waals surface area contributed by atoms with Crippen molar-refractivity contribution in [2.45, 2.75) is 38.9 Å². The van der Waals surface area contributed by atoms with Gasteiger partial charge in [-0.15, -0.1) is 0 Å². The molecule has 0 saturated carbocycles. The van der Waals surface area contributed by atoms with Crippen LogP contribution in [-0.2, 0) is 4.79 Å². The van der Waals surface area contributed by atoms with E-state index in [0.717, 1.165) is 31.4 Å². The third kappa shape index (κ3) is 5.88. The van der Waals surface area contributed by atoms with Crippen molar-refractivity contribution in [3.05, 3.63) is 11.8 Å². The summed E-state index contributed by atoms with van der Waals surface area (Å²) in [5, 5.41) is 0.113. The molecule has 0 aliphatic carbocycles. The van der Waals surface area contributed by atoms with Gasteiger partial charge in [-0.2, -0.15) is 11.8 Å². The van der Waals surface area contributed by atoms with E-state index < -0.39 is 0 Å². The van der Waals surface area contributed by atoms with Crippen LogP contribution in [0.3, 0.4) is 0 Å². The monoisotopic (exact) mass is 229 g/mol. The maximum absolute atomic E-state index is 10.9. The maximum Gasteiger partial charge on any atom is 0.133 e. The molecule has 0 aromatic rings. The molecule has 0 saturated heterocycles. The van der Waals surface area contributed by atoms with Gasteiger partial charge in [-0.25, -0.2) is 0 Å². The fourth-order valence-electron chi connectivity index (χ4n) is 1.40. The Hall–Kier alpha value is -0.440. The zero-order valence-corrected chi connectivity index (χ0v) is 11.1. The van der Waals surface area contributed by atoms with Crippen LogP contribution in [0.5, 0.6) is 0 Å². The van der Waals surface area contributed by atoms with Gasteiger partial charge in [-0.05, 0) is 19.1 Å². The lowest BCUT2D eigenvalue weighted by molar-refractivity contribution is -0.107. The predicted molar refractivity (Wildman–Crippen MR) is 69.3 cm³/mol. The average Bonchev–Trinajstić information content (AvgIpc) is 2.26. The van der Waals surface area contributed by atoms with Crippen LogP contribution in [0.2, 0.25) is 0 Å². The van der Waals surface area contributed by atoms with Gasteiger partial charge in [0.15, 0.2) is 0 Å². The van der Waals surface area contributed by atoms with Crippen LogP contribution in [0.4, 0.5) is 0 Å². The first-order valence-corrected chi connectivity index (χ1v) is 6.71. The Kier molecular flexibility index (Phi) is 8.58. The summed E-state index contributed by atoms with van der Waals surface area (Å²) < 4.78 is 0. The highest BCUT2D eigenvalue weighted by Crippen LogP contribution is 2.19. The van der Waals surface area contributed by atoms with Crippen LogP contribution in [-0.4, -0.2) is 35.8 Å². The van der Waals surface area contributed by atoms with Gasteiger partial charge in [-0.1, -0.05) is 19.9 Å². The molecule has 88 valence electrons. The van der Waals surface area contributed by atoms with Crippen LogP contribution in [0, 0.1) is 0 Å². The van der Waals surface area contributed by atoms with E-state index in [2.05, 4.69) is 38.8 Å². The zero-order chi connectivity index (χ0) is 11.7. The van der Waals surface area contributed by atoms with Crippen molar-refractivity contribution in [1.82, 2.24) is 4.90 Å². The number of carbonyl (C=O) groups is 1. The van der Waals surface area contributed by atoms with Crippen molar-refractivity contribution in [3.63, 3.8) is 0 Å². The Morgan fingerprint density at radius 2 is 2.07 bits per heavy atom. The molecule has 0 rings (SSSR count). The van der Waals surface area contributed by atoms with Crippen LogP contribution >= 0.6 is 11.8 Å². The molecule has 0 amide bonds. The number of thioether (sulfide) groups is 1. The summed E-state index contributed by atoms with van der Waals surface area (Å²) in [5.74, 6) is 0.999. The van der Waals surface area contributed by atoms with Crippen LogP contribution < -0.4 is 0 Å². The molecule has 1 unspecified atom stereocenters. The second kappa shape index (κ2) is 8.84. The quantitative estimate of drug-likeness (QED) is 0.597. The molecule has 0 aliphatic rings. The summed E-state index contributed by atoms with van der Waals surface area (Å²) in [6.45, 7) is 7.35. The molecule has 0 heterocycles. The summed E-state index contributed by atoms with van der Waals surface area (Å²) >= 11 is 1.72. The van der Waals surface area contributed by atoms with Crippen molar-refractivity contribution in [1.29, 1.82) is 0 Å². The topological polar surface area (TPSA) is 20.3 Å². The Balaban J connectivity index is 4.38. The van der Waals surface area contributed by atoms with E-state index in [1.165, 1.54) is 5.70 Å². The number of carbonyl (C=O) groups excluding carboxylic acids is 1. The fraction of sp³-hybridized carbons (Fsp3) is 0.750. The normalized spacial score (nSPS) is 13.7. The number of hydrogen-bond acceptors (Lipinski definition) is 3. The predicted octanol–water partition coefficient (Wildman–Crippen LogP) is 2.94. The third-order valence-corrected chi connectivity index (χ3v) is 3.39. The highest BCUT2D eigenvalue weighted by molar-refractivity contribution is 8.00. The molecule has 0 fully saturated rings. The molecule has 0 aliphatic heterocycles. The standard InChI is InChI=1S/C12H23NOS/c1-5-8-11(13(4)6-2)9-12(10-14)15-7-3/h8,10,12H,5-7,9H2,1-4H3/b11-8-. The molecule has 0 bridgehead atoms. The Morgan fingerprint density at radius 3 is 2.47 bits per heavy atom. The highest BCUT2D eigenvalue weighted by atomic mass is 32.2. The third-order valence-electron chi connectivity index (χ3n) is 2.35. The number of hydrogen-bond donors (Lipinski definition) is 0. The van der Waals surface area contributed by atoms with Crippen molar-refractivity contribution in [3.8, 4) is 0 Å². The smallest absolute Gasteiger partial charge is 0.133 e. The Labute approximate surface area is 98.1 Å². The lowest BCUT2D eigenvalue weighted by Gasteiger charge is -2.23. The molecular weight excluding hydrogens is 206 g/mol. The van der Waals surface area contributed by atoms with Crippen LogP contribution in [0.1, 0.15) is 33.6 Å². The van der Waals surface area contributed by atoms with Crippen molar-refractivity contribution >= 4 is 18.0 Å². The van der Waals surface area contributed by atoms with Gasteiger partial charge in [0.2, 0.25) is 0 Å². The molecule has 0 N–H and O–H groups in total. The molecule has 2 nitrogen and oxygen atoms in total. The Morgan fingerprint density at radius 1 is 1.40 bits per heavy atom. The number of aldehydes is 1. The van der Waals surface area contributed by atoms with E-state index in [1.54, 1.807) is 11.8 Å². The lowest BCUT2D eigenvalue weighted by Crippen LogP contribution is -2.21. The SMILES string of the molecule is CC/C=C(/CC(C=O)SCC)N(C)CC. The van der Waals surface area contributed by atoms with Gasteiger partial charge in [0, 0.05) is 25.7 Å². The summed E-state index contributed by atoms with van der Waals surface area (Å²) in [6, 6.07) is 0. The van der Waals surface area contributed by atoms with E-state index in [-0.39, 0.29) is 5.25 Å². The van der Waals surface area contributed by atoms with Gasteiger partial charge < -0.3 is 9.69 Å². The van der Waals surface area contributed by atoms with E-state index in [9.17, 15) is 4.79 Å². The minimum absolute atomic E-state index is 0.113. The molecule has 1 atom stereocenters. The molecule has 0 aromatic carbocycles. The van der Waals surface area contributed by atoms with Gasteiger partial charge in [0.05, 0.1) is 5.25 Å². The summed E-state index contributed by atoms with van der Waals surface area (Å²) in [7, 11) is 2.08. The van der Waals surface area contributed by atoms with E-state index in [4.69, 9.17) is 0 Å². The molecule has 15 heavy (non-hydrogen) atoms. The first-order chi connectivity index (χ1) is 7.19.